The molecule has 0 aliphatic carbocycles. The molecule has 8 nitrogen and oxygen atoms in total. The average molecular weight is 352 g/mol. The molecular formula is C15H20N4O4S. The van der Waals surface area contributed by atoms with E-state index in [1.54, 1.807) is 39.0 Å². The summed E-state index contributed by atoms with van der Waals surface area (Å²) in [6, 6.07) is 4.34. The van der Waals surface area contributed by atoms with Crippen LogP contribution in [0.1, 0.15) is 26.3 Å². The van der Waals surface area contributed by atoms with Crippen LogP contribution >= 0.6 is 11.8 Å². The van der Waals surface area contributed by atoms with Crippen LogP contribution in [0, 0.1) is 0 Å². The summed E-state index contributed by atoms with van der Waals surface area (Å²) in [7, 11) is 0. The minimum atomic E-state index is -0.732. The van der Waals surface area contributed by atoms with E-state index in [1.165, 1.54) is 11.8 Å². The molecule has 0 unspecified atom stereocenters. The number of fused-ring (bicyclic) bond motifs is 1. The van der Waals surface area contributed by atoms with E-state index in [9.17, 15) is 9.59 Å². The van der Waals surface area contributed by atoms with Crippen molar-refractivity contribution >= 4 is 35.3 Å². The number of carbonyl (C=O) groups excluding carboxylic acids is 2. The molecule has 0 saturated heterocycles. The molecule has 0 fully saturated rings. The number of carbonyl (C=O) groups is 2. The van der Waals surface area contributed by atoms with Gasteiger partial charge in [-0.3, -0.25) is 4.79 Å². The Kier molecular flexibility index (Phi) is 5.23. The summed E-state index contributed by atoms with van der Waals surface area (Å²) in [5.74, 6) is -0.0467. The lowest BCUT2D eigenvalue weighted by Gasteiger charge is -2.22. The number of thioether (sulfide) groups is 1. The van der Waals surface area contributed by atoms with Crippen molar-refractivity contribution in [3.63, 3.8) is 0 Å². The first kappa shape index (κ1) is 17.9. The maximum atomic E-state index is 12.3. The molecule has 0 aromatic heterocycles. The second-order valence-electron chi connectivity index (χ2n) is 6.20. The first-order chi connectivity index (χ1) is 11.2. The average Bonchev–Trinajstić information content (AvgIpc) is 2.63. The lowest BCUT2D eigenvalue weighted by Crippen LogP contribution is -2.46. The highest BCUT2D eigenvalue weighted by atomic mass is 32.2. The van der Waals surface area contributed by atoms with Crippen molar-refractivity contribution in [3.05, 3.63) is 23.8 Å². The lowest BCUT2D eigenvalue weighted by molar-refractivity contribution is -0.117. The summed E-state index contributed by atoms with van der Waals surface area (Å²) < 4.78 is 5.17. The fourth-order valence-corrected chi connectivity index (χ4v) is 3.01. The summed E-state index contributed by atoms with van der Waals surface area (Å²) in [4.78, 5) is 25.0. The highest BCUT2D eigenvalue weighted by Gasteiger charge is 2.28. The van der Waals surface area contributed by atoms with Crippen LogP contribution in [0.3, 0.4) is 0 Å². The van der Waals surface area contributed by atoms with Crippen molar-refractivity contribution < 1.29 is 19.5 Å². The van der Waals surface area contributed by atoms with E-state index >= 15 is 0 Å². The van der Waals surface area contributed by atoms with Crippen LogP contribution in [0.2, 0.25) is 0 Å². The molecule has 1 aromatic rings. The van der Waals surface area contributed by atoms with Crippen LogP contribution in [-0.2, 0) is 9.53 Å². The SMILES string of the molecule is CC(C)(C)OC(=O)N[C@H]1CSc2ccc(/C(N)=N/O)cc2NC1=O. The smallest absolute Gasteiger partial charge is 0.408 e. The molecule has 0 saturated carbocycles. The van der Waals surface area contributed by atoms with Gasteiger partial charge >= 0.3 is 6.09 Å². The molecule has 0 radical (unpaired) electrons. The number of oxime groups is 1. The minimum Gasteiger partial charge on any atom is -0.444 e. The molecule has 130 valence electrons. The number of rotatable bonds is 2. The monoisotopic (exact) mass is 352 g/mol. The maximum absolute atomic E-state index is 12.3. The van der Waals surface area contributed by atoms with Gasteiger partial charge < -0.3 is 26.3 Å². The zero-order valence-electron chi connectivity index (χ0n) is 13.6. The quantitative estimate of drug-likeness (QED) is 0.278. The molecule has 1 heterocycles. The van der Waals surface area contributed by atoms with Gasteiger partial charge in [-0.15, -0.1) is 11.8 Å². The van der Waals surface area contributed by atoms with Crippen molar-refractivity contribution in [1.29, 1.82) is 0 Å². The van der Waals surface area contributed by atoms with E-state index < -0.39 is 17.7 Å². The number of alkyl carbamates (subject to hydrolysis) is 1. The van der Waals surface area contributed by atoms with E-state index in [1.807, 2.05) is 0 Å². The summed E-state index contributed by atoms with van der Waals surface area (Å²) in [6.45, 7) is 5.25. The van der Waals surface area contributed by atoms with Crippen LogP contribution in [-0.4, -0.2) is 40.4 Å². The minimum absolute atomic E-state index is 0.0512. The fraction of sp³-hybridized carbons (Fsp3) is 0.400. The zero-order valence-corrected chi connectivity index (χ0v) is 14.4. The van der Waals surface area contributed by atoms with Crippen molar-refractivity contribution in [2.75, 3.05) is 11.1 Å². The molecule has 0 spiro atoms. The van der Waals surface area contributed by atoms with Crippen LogP contribution in [0.25, 0.3) is 0 Å². The molecular weight excluding hydrogens is 332 g/mol. The molecule has 9 heteroatoms. The van der Waals surface area contributed by atoms with Crippen molar-refractivity contribution in [2.45, 2.75) is 37.3 Å². The van der Waals surface area contributed by atoms with Gasteiger partial charge in [0.1, 0.15) is 11.6 Å². The third kappa shape index (κ3) is 4.54. The van der Waals surface area contributed by atoms with Gasteiger partial charge in [0.05, 0.1) is 5.69 Å². The standard InChI is InChI=1S/C15H20N4O4S/c1-15(2,3)23-14(21)18-10-7-24-11-5-4-8(12(16)19-22)6-9(11)17-13(10)20/h4-6,10,22H,7H2,1-3H3,(H2,16,19)(H,17,20)(H,18,21)/t10-/m0/s1. The molecule has 0 bridgehead atoms. The number of amides is 2. The van der Waals surface area contributed by atoms with Gasteiger partial charge in [0.15, 0.2) is 5.84 Å². The van der Waals surface area contributed by atoms with Gasteiger partial charge in [0.25, 0.3) is 0 Å². The Hall–Kier alpha value is -2.42. The van der Waals surface area contributed by atoms with Gasteiger partial charge in [0.2, 0.25) is 5.91 Å². The second kappa shape index (κ2) is 7.00. The Balaban J connectivity index is 2.12. The third-order valence-electron chi connectivity index (χ3n) is 3.05. The molecule has 2 amide bonds. The van der Waals surface area contributed by atoms with Crippen LogP contribution in [0.5, 0.6) is 0 Å². The molecule has 1 aliphatic rings. The highest BCUT2D eigenvalue weighted by molar-refractivity contribution is 7.99. The number of anilines is 1. The Labute approximate surface area is 143 Å². The van der Waals surface area contributed by atoms with Gasteiger partial charge in [-0.25, -0.2) is 4.79 Å². The number of nitrogens with zero attached hydrogens (tertiary/aromatic N) is 1. The van der Waals surface area contributed by atoms with E-state index in [4.69, 9.17) is 15.7 Å². The number of amidine groups is 1. The maximum Gasteiger partial charge on any atom is 0.408 e. The predicted octanol–water partition coefficient (Wildman–Crippen LogP) is 1.72. The van der Waals surface area contributed by atoms with Gasteiger partial charge in [0, 0.05) is 16.2 Å². The van der Waals surface area contributed by atoms with Gasteiger partial charge in [-0.2, -0.15) is 0 Å². The van der Waals surface area contributed by atoms with E-state index in [2.05, 4.69) is 15.8 Å². The summed E-state index contributed by atoms with van der Waals surface area (Å²) >= 11 is 1.41. The van der Waals surface area contributed by atoms with Crippen LogP contribution < -0.4 is 16.4 Å². The van der Waals surface area contributed by atoms with E-state index in [0.29, 0.717) is 17.0 Å². The number of nitrogens with one attached hydrogen (secondary N) is 2. The number of benzene rings is 1. The predicted molar refractivity (Wildman–Crippen MR) is 91.5 cm³/mol. The molecule has 2 rings (SSSR count). The van der Waals surface area contributed by atoms with E-state index in [-0.39, 0.29) is 11.7 Å². The normalized spacial score (nSPS) is 18.2. The Morgan fingerprint density at radius 3 is 2.83 bits per heavy atom. The fourth-order valence-electron chi connectivity index (χ4n) is 2.00. The summed E-state index contributed by atoms with van der Waals surface area (Å²) in [5.41, 5.74) is 5.94. The zero-order chi connectivity index (χ0) is 17.9. The van der Waals surface area contributed by atoms with Crippen LogP contribution in [0.4, 0.5) is 10.5 Å². The lowest BCUT2D eigenvalue weighted by atomic mass is 10.2. The Morgan fingerprint density at radius 2 is 2.21 bits per heavy atom. The van der Waals surface area contributed by atoms with Crippen LogP contribution in [0.15, 0.2) is 28.3 Å². The number of hydrogen-bond acceptors (Lipinski definition) is 6. The van der Waals surface area contributed by atoms with Gasteiger partial charge in [-0.1, -0.05) is 5.16 Å². The third-order valence-corrected chi connectivity index (χ3v) is 4.22. The second-order valence-corrected chi connectivity index (χ2v) is 7.26. The first-order valence-corrected chi connectivity index (χ1v) is 8.23. The number of nitrogens with two attached hydrogens (primary N) is 1. The summed E-state index contributed by atoms with van der Waals surface area (Å²) in [5, 5.41) is 17.0. The molecule has 1 atom stereocenters. The molecule has 1 aliphatic heterocycles. The topological polar surface area (TPSA) is 126 Å². The van der Waals surface area contributed by atoms with Crippen molar-refractivity contribution in [2.24, 2.45) is 10.9 Å². The van der Waals surface area contributed by atoms with Gasteiger partial charge in [-0.05, 0) is 39.0 Å². The summed E-state index contributed by atoms with van der Waals surface area (Å²) in [6.07, 6.45) is -0.647. The molecule has 24 heavy (non-hydrogen) atoms. The molecule has 5 N–H and O–H groups in total. The Bertz CT molecular complexity index is 685. The number of hydrogen-bond donors (Lipinski definition) is 4. The largest absolute Gasteiger partial charge is 0.444 e. The Morgan fingerprint density at radius 1 is 1.50 bits per heavy atom. The van der Waals surface area contributed by atoms with Crippen molar-refractivity contribution in [1.82, 2.24) is 5.32 Å². The molecule has 1 aromatic carbocycles. The van der Waals surface area contributed by atoms with Crippen molar-refractivity contribution in [3.8, 4) is 0 Å². The first-order valence-electron chi connectivity index (χ1n) is 7.25. The van der Waals surface area contributed by atoms with E-state index in [0.717, 1.165) is 4.90 Å². The highest BCUT2D eigenvalue weighted by Crippen LogP contribution is 2.31. The number of ether oxygens (including phenoxy) is 1.